The fourth-order valence-electron chi connectivity index (χ4n) is 8.69. The van der Waals surface area contributed by atoms with E-state index in [1.54, 1.807) is 6.08 Å². The summed E-state index contributed by atoms with van der Waals surface area (Å²) in [4.78, 5) is 14.3. The minimum atomic E-state index is 0.586. The lowest BCUT2D eigenvalue weighted by Crippen LogP contribution is -2.10. The molecule has 0 amide bonds. The molecule has 0 saturated heterocycles. The Labute approximate surface area is 401 Å². The summed E-state index contributed by atoms with van der Waals surface area (Å²) in [5, 5.41) is 0. The Morgan fingerprint density at radius 1 is 0.391 bits per heavy atom. The second-order valence-corrected chi connectivity index (χ2v) is 16.8. The van der Waals surface area contributed by atoms with Gasteiger partial charge in [0.1, 0.15) is 11.0 Å². The average Bonchev–Trinajstić information content (AvgIpc) is 4.05. The van der Waals surface area contributed by atoms with Gasteiger partial charge < -0.3 is 18.6 Å². The molecule has 69 heavy (non-hydrogen) atoms. The molecular weight excluding hydrogens is 845 g/mol. The fourth-order valence-corrected chi connectivity index (χ4v) is 8.69. The molecule has 0 N–H and O–H groups in total. The number of hydrogen-bond acceptors (Lipinski definition) is 6. The predicted octanol–water partition coefficient (Wildman–Crippen LogP) is 17.7. The van der Waals surface area contributed by atoms with E-state index in [4.69, 9.17) is 18.8 Å². The number of aromatic nitrogens is 2. The van der Waals surface area contributed by atoms with Crippen molar-refractivity contribution in [2.75, 3.05) is 9.80 Å². The highest BCUT2D eigenvalue weighted by atomic mass is 16.4. The molecule has 2 heterocycles. The van der Waals surface area contributed by atoms with Crippen LogP contribution in [0, 0.1) is 0 Å². The highest BCUT2D eigenvalue weighted by Crippen LogP contribution is 2.40. The number of nitrogens with zero attached hydrogens (tertiary/aromatic N) is 4. The lowest BCUT2D eigenvalue weighted by Gasteiger charge is -2.26. The summed E-state index contributed by atoms with van der Waals surface area (Å²) in [6.07, 6.45) is 7.74. The number of fused-ring (bicyclic) bond motifs is 2. The van der Waals surface area contributed by atoms with E-state index in [2.05, 4.69) is 211 Å². The summed E-state index contributed by atoms with van der Waals surface area (Å²) in [6.45, 7) is 5.84. The van der Waals surface area contributed by atoms with Gasteiger partial charge in [-0.05, 0) is 162 Å². The average molecular weight is 891 g/mol. The van der Waals surface area contributed by atoms with E-state index < -0.39 is 0 Å². The van der Waals surface area contributed by atoms with E-state index in [0.717, 1.165) is 101 Å². The van der Waals surface area contributed by atoms with Crippen LogP contribution < -0.4 is 9.80 Å². The molecule has 11 rings (SSSR count). The summed E-state index contributed by atoms with van der Waals surface area (Å²) in [5.41, 5.74) is 18.0. The molecule has 2 aromatic heterocycles. The van der Waals surface area contributed by atoms with Gasteiger partial charge in [-0.25, -0.2) is 9.97 Å². The molecule has 0 bridgehead atoms. The molecule has 11 aromatic rings. The van der Waals surface area contributed by atoms with Crippen molar-refractivity contribution in [1.82, 2.24) is 9.97 Å². The molecule has 0 fully saturated rings. The third-order valence-corrected chi connectivity index (χ3v) is 12.3. The van der Waals surface area contributed by atoms with Crippen LogP contribution in [0.4, 0.5) is 34.1 Å². The normalized spacial score (nSPS) is 11.6. The van der Waals surface area contributed by atoms with Crippen LogP contribution in [0.25, 0.3) is 72.9 Å². The maximum absolute atomic E-state index is 6.24. The molecule has 0 atom stereocenters. The Morgan fingerprint density at radius 2 is 0.768 bits per heavy atom. The molecule has 0 spiro atoms. The number of allylic oxidation sites excluding steroid dienone is 5. The molecule has 0 aliphatic heterocycles. The van der Waals surface area contributed by atoms with Gasteiger partial charge in [-0.15, -0.1) is 0 Å². The number of para-hydroxylation sites is 2. The standard InChI is InChI=1S/C63H46N4O2/c1-3-4-8-15-44(2)50-30-40-60-58(42-50)64-62(68-60)48-26-36-56(37-27-48)66(52-18-11-6-12-19-52)54-32-22-46(23-33-54)47-24-34-55(35-25-47)67(53-20-13-7-14-21-53)57-38-28-49(29-39-57)63-65-59-43-51(31-41-61(59)69-63)45-16-9-5-10-17-45/h3-43H,1H2,2H3/b8-4-,44-15+. The van der Waals surface area contributed by atoms with Crippen molar-refractivity contribution in [1.29, 1.82) is 0 Å². The molecule has 9 aromatic carbocycles. The zero-order valence-electron chi connectivity index (χ0n) is 38.0. The van der Waals surface area contributed by atoms with Crippen LogP contribution in [0.3, 0.4) is 0 Å². The first kappa shape index (κ1) is 42.4. The van der Waals surface area contributed by atoms with Gasteiger partial charge in [0.2, 0.25) is 11.8 Å². The second-order valence-electron chi connectivity index (χ2n) is 16.8. The first-order valence-electron chi connectivity index (χ1n) is 23.0. The molecule has 6 nitrogen and oxygen atoms in total. The largest absolute Gasteiger partial charge is 0.436 e. The lowest BCUT2D eigenvalue weighted by molar-refractivity contribution is 0.619. The maximum atomic E-state index is 6.24. The molecule has 0 saturated carbocycles. The Kier molecular flexibility index (Phi) is 11.6. The van der Waals surface area contributed by atoms with Crippen LogP contribution in [0.2, 0.25) is 0 Å². The highest BCUT2D eigenvalue weighted by Gasteiger charge is 2.17. The number of anilines is 6. The van der Waals surface area contributed by atoms with Gasteiger partial charge in [0.15, 0.2) is 11.2 Å². The maximum Gasteiger partial charge on any atom is 0.227 e. The summed E-state index contributed by atoms with van der Waals surface area (Å²) in [6, 6.07) is 77.8. The summed E-state index contributed by atoms with van der Waals surface area (Å²) < 4.78 is 12.5. The van der Waals surface area contributed by atoms with Crippen molar-refractivity contribution in [2.24, 2.45) is 0 Å². The predicted molar refractivity (Wildman–Crippen MR) is 286 cm³/mol. The summed E-state index contributed by atoms with van der Waals surface area (Å²) in [5.74, 6) is 1.18. The minimum absolute atomic E-state index is 0.586. The smallest absolute Gasteiger partial charge is 0.227 e. The van der Waals surface area contributed by atoms with Gasteiger partial charge in [-0.2, -0.15) is 0 Å². The molecule has 0 aliphatic rings. The van der Waals surface area contributed by atoms with Gasteiger partial charge in [0.05, 0.1) is 0 Å². The SMILES string of the molecule is C=C/C=C\C=C(/C)c1ccc2oc(-c3ccc(N(c4ccccc4)c4ccc(-c5ccc(N(c6ccccc6)c6ccc(-c7nc8cc(-c9ccccc9)ccc8o7)cc6)cc5)cc4)cc3)nc2c1. The van der Waals surface area contributed by atoms with E-state index in [-0.39, 0.29) is 0 Å². The Morgan fingerprint density at radius 3 is 1.23 bits per heavy atom. The second kappa shape index (κ2) is 18.9. The first-order valence-corrected chi connectivity index (χ1v) is 23.0. The molecule has 0 aliphatic carbocycles. The van der Waals surface area contributed by atoms with Crippen LogP contribution in [0.5, 0.6) is 0 Å². The van der Waals surface area contributed by atoms with Gasteiger partial charge in [0.25, 0.3) is 0 Å². The van der Waals surface area contributed by atoms with Crippen LogP contribution in [0.1, 0.15) is 12.5 Å². The van der Waals surface area contributed by atoms with Gasteiger partial charge >= 0.3 is 0 Å². The third-order valence-electron chi connectivity index (χ3n) is 12.3. The third kappa shape index (κ3) is 8.90. The van der Waals surface area contributed by atoms with Crippen molar-refractivity contribution in [2.45, 2.75) is 6.92 Å². The van der Waals surface area contributed by atoms with Crippen LogP contribution in [-0.2, 0) is 0 Å². The summed E-state index contributed by atoms with van der Waals surface area (Å²) >= 11 is 0. The Bertz CT molecular complexity index is 3590. The first-order chi connectivity index (χ1) is 34.0. The topological polar surface area (TPSA) is 58.5 Å². The van der Waals surface area contributed by atoms with Crippen molar-refractivity contribution >= 4 is 61.9 Å². The minimum Gasteiger partial charge on any atom is -0.436 e. The molecular formula is C63H46N4O2. The van der Waals surface area contributed by atoms with E-state index in [9.17, 15) is 0 Å². The number of rotatable bonds is 13. The fraction of sp³-hybridized carbons (Fsp3) is 0.0159. The van der Waals surface area contributed by atoms with Crippen LogP contribution in [0.15, 0.2) is 264 Å². The quantitative estimate of drug-likeness (QED) is 0.108. The number of hydrogen-bond donors (Lipinski definition) is 0. The molecule has 330 valence electrons. The van der Waals surface area contributed by atoms with E-state index in [1.165, 1.54) is 0 Å². The van der Waals surface area contributed by atoms with Crippen LogP contribution in [-0.4, -0.2) is 9.97 Å². The van der Waals surface area contributed by atoms with Crippen molar-refractivity contribution in [3.63, 3.8) is 0 Å². The highest BCUT2D eigenvalue weighted by molar-refractivity contribution is 5.86. The monoisotopic (exact) mass is 890 g/mol. The van der Waals surface area contributed by atoms with Gasteiger partial charge in [-0.1, -0.05) is 134 Å². The molecule has 0 radical (unpaired) electrons. The molecule has 0 unspecified atom stereocenters. The Hall–Kier alpha value is -9.26. The zero-order chi connectivity index (χ0) is 46.5. The van der Waals surface area contributed by atoms with E-state index in [1.807, 2.05) is 54.6 Å². The lowest BCUT2D eigenvalue weighted by atomic mass is 10.0. The van der Waals surface area contributed by atoms with Crippen molar-refractivity contribution in [3.8, 4) is 45.2 Å². The van der Waals surface area contributed by atoms with Crippen molar-refractivity contribution < 1.29 is 8.83 Å². The zero-order valence-corrected chi connectivity index (χ0v) is 38.0. The van der Waals surface area contributed by atoms with E-state index in [0.29, 0.717) is 11.8 Å². The van der Waals surface area contributed by atoms with Gasteiger partial charge in [-0.3, -0.25) is 0 Å². The van der Waals surface area contributed by atoms with Gasteiger partial charge in [0, 0.05) is 45.3 Å². The van der Waals surface area contributed by atoms with Crippen molar-refractivity contribution in [3.05, 3.63) is 261 Å². The Balaban J connectivity index is 0.834. The van der Waals surface area contributed by atoms with Crippen LogP contribution >= 0.6 is 0 Å². The number of oxazole rings is 2. The summed E-state index contributed by atoms with van der Waals surface area (Å²) in [7, 11) is 0. The number of benzene rings is 9. The molecule has 6 heteroatoms. The van der Waals surface area contributed by atoms with E-state index >= 15 is 0 Å².